The topological polar surface area (TPSA) is 66.4 Å². The Labute approximate surface area is 138 Å². The molecule has 0 aliphatic heterocycles. The van der Waals surface area contributed by atoms with Gasteiger partial charge in [0.05, 0.1) is 0 Å². The monoisotopic (exact) mass is 327 g/mol. The standard InChI is InChI=1S/C18H14ClNO3/c19-15-8-4-13(5-9-15)6-10-17(21)20-16-3-1-2-14(12-16)7-11-18(22)23/h1-12H,(H,20,21)(H,22,23)/b10-6+,11-7+. The first-order chi connectivity index (χ1) is 11.0. The van der Waals surface area contributed by atoms with Crippen LogP contribution in [0.25, 0.3) is 12.2 Å². The van der Waals surface area contributed by atoms with Gasteiger partial charge in [-0.05, 0) is 47.5 Å². The predicted molar refractivity (Wildman–Crippen MR) is 92.2 cm³/mol. The molecule has 0 aromatic heterocycles. The number of carbonyl (C=O) groups is 2. The Morgan fingerprint density at radius 2 is 1.65 bits per heavy atom. The van der Waals surface area contributed by atoms with Crippen LogP contribution in [-0.2, 0) is 9.59 Å². The van der Waals surface area contributed by atoms with Gasteiger partial charge in [0, 0.05) is 22.9 Å². The quantitative estimate of drug-likeness (QED) is 0.813. The molecule has 0 spiro atoms. The van der Waals surface area contributed by atoms with Crippen molar-refractivity contribution in [2.75, 3.05) is 5.32 Å². The van der Waals surface area contributed by atoms with Gasteiger partial charge in [-0.2, -0.15) is 0 Å². The molecule has 0 fully saturated rings. The van der Waals surface area contributed by atoms with Crippen molar-refractivity contribution in [3.63, 3.8) is 0 Å². The highest BCUT2D eigenvalue weighted by atomic mass is 35.5. The highest BCUT2D eigenvalue weighted by Crippen LogP contribution is 2.13. The molecule has 2 aromatic rings. The number of amides is 1. The third kappa shape index (κ3) is 5.80. The lowest BCUT2D eigenvalue weighted by Crippen LogP contribution is -2.07. The summed E-state index contributed by atoms with van der Waals surface area (Å²) in [4.78, 5) is 22.4. The Morgan fingerprint density at radius 3 is 2.35 bits per heavy atom. The molecule has 0 bridgehead atoms. The molecule has 0 saturated heterocycles. The molecule has 23 heavy (non-hydrogen) atoms. The van der Waals surface area contributed by atoms with Crippen LogP contribution < -0.4 is 5.32 Å². The zero-order chi connectivity index (χ0) is 16.7. The molecule has 0 heterocycles. The van der Waals surface area contributed by atoms with E-state index >= 15 is 0 Å². The van der Waals surface area contributed by atoms with Gasteiger partial charge in [-0.3, -0.25) is 4.79 Å². The zero-order valence-corrected chi connectivity index (χ0v) is 12.8. The lowest BCUT2D eigenvalue weighted by atomic mass is 10.2. The number of anilines is 1. The molecular formula is C18H14ClNO3. The van der Waals surface area contributed by atoms with E-state index in [4.69, 9.17) is 16.7 Å². The van der Waals surface area contributed by atoms with Gasteiger partial charge in [0.25, 0.3) is 0 Å². The lowest BCUT2D eigenvalue weighted by Gasteiger charge is -2.03. The Balaban J connectivity index is 2.01. The molecule has 0 saturated carbocycles. The van der Waals surface area contributed by atoms with Gasteiger partial charge >= 0.3 is 5.97 Å². The largest absolute Gasteiger partial charge is 0.478 e. The molecule has 116 valence electrons. The van der Waals surface area contributed by atoms with Gasteiger partial charge < -0.3 is 10.4 Å². The number of halogens is 1. The average molecular weight is 328 g/mol. The number of rotatable bonds is 5. The Hall–Kier alpha value is -2.85. The highest BCUT2D eigenvalue weighted by Gasteiger charge is 1.99. The summed E-state index contributed by atoms with van der Waals surface area (Å²) in [6.45, 7) is 0. The van der Waals surface area contributed by atoms with Crippen molar-refractivity contribution in [2.45, 2.75) is 0 Å². The van der Waals surface area contributed by atoms with Crippen LogP contribution in [0.1, 0.15) is 11.1 Å². The molecule has 0 radical (unpaired) electrons. The van der Waals surface area contributed by atoms with Gasteiger partial charge in [-0.15, -0.1) is 0 Å². The van der Waals surface area contributed by atoms with E-state index in [0.717, 1.165) is 11.6 Å². The number of aliphatic carboxylic acids is 1. The smallest absolute Gasteiger partial charge is 0.328 e. The minimum absolute atomic E-state index is 0.278. The van der Waals surface area contributed by atoms with E-state index < -0.39 is 5.97 Å². The average Bonchev–Trinajstić information content (AvgIpc) is 2.53. The molecule has 1 amide bonds. The molecule has 0 aliphatic carbocycles. The molecule has 2 aromatic carbocycles. The summed E-state index contributed by atoms with van der Waals surface area (Å²) in [6.07, 6.45) is 5.60. The fourth-order valence-electron chi connectivity index (χ4n) is 1.82. The van der Waals surface area contributed by atoms with Crippen molar-refractivity contribution in [3.05, 3.63) is 76.8 Å². The van der Waals surface area contributed by atoms with E-state index in [9.17, 15) is 9.59 Å². The molecule has 0 atom stereocenters. The zero-order valence-electron chi connectivity index (χ0n) is 12.1. The van der Waals surface area contributed by atoms with Crippen molar-refractivity contribution < 1.29 is 14.7 Å². The first-order valence-electron chi connectivity index (χ1n) is 6.78. The number of carboxylic acid groups (broad SMARTS) is 1. The van der Waals surface area contributed by atoms with Crippen LogP contribution in [0.5, 0.6) is 0 Å². The molecule has 4 nitrogen and oxygen atoms in total. The molecule has 0 unspecified atom stereocenters. The number of carboxylic acids is 1. The lowest BCUT2D eigenvalue weighted by molar-refractivity contribution is -0.131. The maximum atomic E-state index is 11.9. The van der Waals surface area contributed by atoms with Gasteiger partial charge in [-0.1, -0.05) is 35.9 Å². The van der Waals surface area contributed by atoms with E-state index in [1.54, 1.807) is 42.5 Å². The number of carbonyl (C=O) groups excluding carboxylic acids is 1. The molecule has 2 rings (SSSR count). The second kappa shape index (κ2) is 7.96. The van der Waals surface area contributed by atoms with Gasteiger partial charge in [0.15, 0.2) is 0 Å². The van der Waals surface area contributed by atoms with Crippen molar-refractivity contribution in [1.29, 1.82) is 0 Å². The summed E-state index contributed by atoms with van der Waals surface area (Å²) >= 11 is 5.80. The Kier molecular flexibility index (Phi) is 5.72. The summed E-state index contributed by atoms with van der Waals surface area (Å²) in [5.41, 5.74) is 2.14. The number of hydrogen-bond acceptors (Lipinski definition) is 2. The molecule has 5 heteroatoms. The number of benzene rings is 2. The third-order valence-corrected chi connectivity index (χ3v) is 3.12. The third-order valence-electron chi connectivity index (χ3n) is 2.87. The van der Waals surface area contributed by atoms with Crippen LogP contribution in [0.2, 0.25) is 5.02 Å². The van der Waals surface area contributed by atoms with Crippen LogP contribution in [-0.4, -0.2) is 17.0 Å². The summed E-state index contributed by atoms with van der Waals surface area (Å²) in [7, 11) is 0. The van der Waals surface area contributed by atoms with E-state index in [1.165, 1.54) is 12.2 Å². The van der Waals surface area contributed by atoms with Gasteiger partial charge in [0.2, 0.25) is 5.91 Å². The first-order valence-corrected chi connectivity index (χ1v) is 7.16. The number of nitrogens with one attached hydrogen (secondary N) is 1. The van der Waals surface area contributed by atoms with Crippen LogP contribution >= 0.6 is 11.6 Å². The highest BCUT2D eigenvalue weighted by molar-refractivity contribution is 6.30. The summed E-state index contributed by atoms with van der Waals surface area (Å²) < 4.78 is 0. The van der Waals surface area contributed by atoms with E-state index in [1.807, 2.05) is 12.1 Å². The Morgan fingerprint density at radius 1 is 0.957 bits per heavy atom. The van der Waals surface area contributed by atoms with Crippen LogP contribution in [0.4, 0.5) is 5.69 Å². The van der Waals surface area contributed by atoms with Crippen molar-refractivity contribution >= 4 is 41.3 Å². The van der Waals surface area contributed by atoms with E-state index in [-0.39, 0.29) is 5.91 Å². The van der Waals surface area contributed by atoms with Crippen LogP contribution in [0.15, 0.2) is 60.7 Å². The normalized spacial score (nSPS) is 11.0. The summed E-state index contributed by atoms with van der Waals surface area (Å²) in [5, 5.41) is 12.0. The van der Waals surface area contributed by atoms with Crippen LogP contribution in [0, 0.1) is 0 Å². The maximum Gasteiger partial charge on any atom is 0.328 e. The SMILES string of the molecule is O=C(O)/C=C/c1cccc(NC(=O)/C=C/c2ccc(Cl)cc2)c1. The maximum absolute atomic E-state index is 11.9. The fourth-order valence-corrected chi connectivity index (χ4v) is 1.94. The fraction of sp³-hybridized carbons (Fsp3) is 0. The predicted octanol–water partition coefficient (Wildman–Crippen LogP) is 4.09. The first kappa shape index (κ1) is 16.5. The number of hydrogen-bond donors (Lipinski definition) is 2. The second-order valence-corrected chi connectivity index (χ2v) is 5.11. The summed E-state index contributed by atoms with van der Waals surface area (Å²) in [6, 6.07) is 14.0. The van der Waals surface area contributed by atoms with Gasteiger partial charge in [-0.25, -0.2) is 4.79 Å². The van der Waals surface area contributed by atoms with Crippen LogP contribution in [0.3, 0.4) is 0 Å². The summed E-state index contributed by atoms with van der Waals surface area (Å²) in [5.74, 6) is -1.30. The molecule has 2 N–H and O–H groups in total. The van der Waals surface area contributed by atoms with Crippen molar-refractivity contribution in [2.24, 2.45) is 0 Å². The van der Waals surface area contributed by atoms with Crippen molar-refractivity contribution in [3.8, 4) is 0 Å². The molecule has 0 aliphatic rings. The molecular weight excluding hydrogens is 314 g/mol. The minimum Gasteiger partial charge on any atom is -0.478 e. The Bertz CT molecular complexity index is 764. The van der Waals surface area contributed by atoms with E-state index in [2.05, 4.69) is 5.32 Å². The van der Waals surface area contributed by atoms with E-state index in [0.29, 0.717) is 16.3 Å². The van der Waals surface area contributed by atoms with Crippen molar-refractivity contribution in [1.82, 2.24) is 0 Å². The second-order valence-electron chi connectivity index (χ2n) is 4.67. The van der Waals surface area contributed by atoms with Gasteiger partial charge in [0.1, 0.15) is 0 Å². The minimum atomic E-state index is -1.02.